The quantitative estimate of drug-likeness (QED) is 0.557. The summed E-state index contributed by atoms with van der Waals surface area (Å²) < 4.78 is 10.8. The minimum Gasteiger partial charge on any atom is -0.507 e. The van der Waals surface area contributed by atoms with Crippen LogP contribution in [0.4, 0.5) is 0 Å². The third kappa shape index (κ3) is 4.57. The monoisotopic (exact) mass is 394 g/mol. The fraction of sp³-hybridized carbons (Fsp3) is 0.182. The molecule has 0 spiro atoms. The lowest BCUT2D eigenvalue weighted by Gasteiger charge is -2.12. The van der Waals surface area contributed by atoms with Crippen molar-refractivity contribution in [2.75, 3.05) is 13.7 Å². The van der Waals surface area contributed by atoms with Gasteiger partial charge >= 0.3 is 0 Å². The number of carbonyl (C=O) groups is 2. The number of carbonyl (C=O) groups excluding carboxylic acids is 2. The fourth-order valence-corrected chi connectivity index (χ4v) is 2.80. The van der Waals surface area contributed by atoms with Gasteiger partial charge < -0.3 is 14.6 Å². The molecule has 150 valence electrons. The molecule has 0 fully saturated rings. The van der Waals surface area contributed by atoms with Crippen LogP contribution in [0.15, 0.2) is 54.6 Å². The maximum Gasteiger partial charge on any atom is 0.273 e. The summed E-state index contributed by atoms with van der Waals surface area (Å²) in [6, 6.07) is 15.2. The Bertz CT molecular complexity index is 1050. The maximum atomic E-state index is 12.4. The third-order valence-corrected chi connectivity index (χ3v) is 4.29. The van der Waals surface area contributed by atoms with Crippen LogP contribution in [0.1, 0.15) is 34.1 Å². The van der Waals surface area contributed by atoms with E-state index in [9.17, 15) is 14.7 Å². The number of fused-ring (bicyclic) bond motifs is 1. The van der Waals surface area contributed by atoms with E-state index in [1.165, 1.54) is 19.2 Å². The van der Waals surface area contributed by atoms with Gasteiger partial charge in [-0.3, -0.25) is 20.4 Å². The van der Waals surface area contributed by atoms with E-state index < -0.39 is 11.8 Å². The Morgan fingerprint density at radius 3 is 2.31 bits per heavy atom. The molecule has 0 aliphatic rings. The number of methoxy groups -OCH3 is 1. The molecule has 0 bridgehead atoms. The first-order valence-electron chi connectivity index (χ1n) is 9.16. The summed E-state index contributed by atoms with van der Waals surface area (Å²) in [4.78, 5) is 24.8. The number of ether oxygens (including phenoxy) is 2. The van der Waals surface area contributed by atoms with Crippen molar-refractivity contribution in [1.29, 1.82) is 0 Å². The van der Waals surface area contributed by atoms with Gasteiger partial charge in [0.05, 0.1) is 19.3 Å². The molecule has 2 amide bonds. The largest absolute Gasteiger partial charge is 0.507 e. The topological polar surface area (TPSA) is 96.9 Å². The summed E-state index contributed by atoms with van der Waals surface area (Å²) in [7, 11) is 1.49. The number of aromatic hydroxyl groups is 1. The second-order valence-corrected chi connectivity index (χ2v) is 6.34. The van der Waals surface area contributed by atoms with Gasteiger partial charge in [0.2, 0.25) is 0 Å². The fourth-order valence-electron chi connectivity index (χ4n) is 2.80. The molecule has 0 heterocycles. The molecule has 0 unspecified atom stereocenters. The smallest absolute Gasteiger partial charge is 0.273 e. The van der Waals surface area contributed by atoms with Crippen LogP contribution in [0.25, 0.3) is 10.8 Å². The molecular formula is C22H22N2O5. The molecule has 7 nitrogen and oxygen atoms in total. The average molecular weight is 394 g/mol. The summed E-state index contributed by atoms with van der Waals surface area (Å²) in [5.74, 6) is -0.370. The predicted octanol–water partition coefficient (Wildman–Crippen LogP) is 3.42. The zero-order valence-electron chi connectivity index (χ0n) is 16.2. The van der Waals surface area contributed by atoms with Crippen LogP contribution in [-0.4, -0.2) is 30.6 Å². The lowest BCUT2D eigenvalue weighted by Crippen LogP contribution is -2.41. The minimum atomic E-state index is -0.628. The second-order valence-electron chi connectivity index (χ2n) is 6.34. The van der Waals surface area contributed by atoms with Gasteiger partial charge in [-0.05, 0) is 47.5 Å². The normalized spacial score (nSPS) is 10.4. The van der Waals surface area contributed by atoms with Gasteiger partial charge in [-0.2, -0.15) is 0 Å². The molecule has 0 saturated carbocycles. The highest BCUT2D eigenvalue weighted by Gasteiger charge is 2.15. The number of phenolic OH excluding ortho intramolecular Hbond substituents is 1. The molecule has 3 N–H and O–H groups in total. The molecule has 3 rings (SSSR count). The molecule has 7 heteroatoms. The Hall–Kier alpha value is -3.74. The molecule has 0 aliphatic heterocycles. The number of rotatable bonds is 6. The summed E-state index contributed by atoms with van der Waals surface area (Å²) >= 11 is 0. The number of hydrogen-bond donors (Lipinski definition) is 3. The van der Waals surface area contributed by atoms with E-state index in [1.54, 1.807) is 18.2 Å². The molecule has 3 aromatic rings. The standard InChI is InChI=1S/C22H22N2O5/c1-3-10-29-19-9-8-16(13-20(19)28-2)21(26)23-24-22(27)17-11-14-6-4-5-7-15(14)12-18(17)25/h4-9,11-13,25H,3,10H2,1-2H3,(H,23,26)(H,24,27). The highest BCUT2D eigenvalue weighted by Crippen LogP contribution is 2.28. The van der Waals surface area contributed by atoms with Crippen molar-refractivity contribution >= 4 is 22.6 Å². The van der Waals surface area contributed by atoms with E-state index in [1.807, 2.05) is 31.2 Å². The summed E-state index contributed by atoms with van der Waals surface area (Å²) in [5.41, 5.74) is 5.01. The van der Waals surface area contributed by atoms with Crippen LogP contribution in [0.5, 0.6) is 17.2 Å². The van der Waals surface area contributed by atoms with Crippen LogP contribution < -0.4 is 20.3 Å². The van der Waals surface area contributed by atoms with E-state index in [2.05, 4.69) is 10.9 Å². The molecule has 0 radical (unpaired) electrons. The van der Waals surface area contributed by atoms with Gasteiger partial charge in [0.25, 0.3) is 11.8 Å². The SMILES string of the molecule is CCCOc1ccc(C(=O)NNC(=O)c2cc3ccccc3cc2O)cc1OC. The van der Waals surface area contributed by atoms with Crippen LogP contribution in [-0.2, 0) is 0 Å². The third-order valence-electron chi connectivity index (χ3n) is 4.29. The van der Waals surface area contributed by atoms with Crippen LogP contribution in [0, 0.1) is 0 Å². The van der Waals surface area contributed by atoms with Crippen molar-refractivity contribution in [2.24, 2.45) is 0 Å². The Morgan fingerprint density at radius 2 is 1.62 bits per heavy atom. The molecule has 29 heavy (non-hydrogen) atoms. The molecular weight excluding hydrogens is 372 g/mol. The lowest BCUT2D eigenvalue weighted by atomic mass is 10.1. The summed E-state index contributed by atoms with van der Waals surface area (Å²) in [6.07, 6.45) is 0.846. The van der Waals surface area contributed by atoms with E-state index in [0.717, 1.165) is 17.2 Å². The number of amides is 2. The first-order chi connectivity index (χ1) is 14.0. The van der Waals surface area contributed by atoms with Gasteiger partial charge in [0.15, 0.2) is 11.5 Å². The second kappa shape index (κ2) is 8.97. The van der Waals surface area contributed by atoms with Crippen molar-refractivity contribution in [3.05, 3.63) is 65.7 Å². The van der Waals surface area contributed by atoms with Gasteiger partial charge in [0, 0.05) is 5.56 Å². The predicted molar refractivity (Wildman–Crippen MR) is 109 cm³/mol. The molecule has 0 saturated heterocycles. The Kier molecular flexibility index (Phi) is 6.19. The number of nitrogens with one attached hydrogen (secondary N) is 2. The van der Waals surface area contributed by atoms with Crippen molar-refractivity contribution in [1.82, 2.24) is 10.9 Å². The molecule has 0 atom stereocenters. The Morgan fingerprint density at radius 1 is 0.931 bits per heavy atom. The van der Waals surface area contributed by atoms with Gasteiger partial charge in [0.1, 0.15) is 5.75 Å². The van der Waals surface area contributed by atoms with Gasteiger partial charge in [-0.25, -0.2) is 0 Å². The van der Waals surface area contributed by atoms with Gasteiger partial charge in [-0.1, -0.05) is 31.2 Å². The minimum absolute atomic E-state index is 0.0601. The van der Waals surface area contributed by atoms with Crippen molar-refractivity contribution in [2.45, 2.75) is 13.3 Å². The Balaban J connectivity index is 1.70. The highest BCUT2D eigenvalue weighted by molar-refractivity contribution is 6.03. The molecule has 3 aromatic carbocycles. The van der Waals surface area contributed by atoms with E-state index >= 15 is 0 Å². The average Bonchev–Trinajstić information content (AvgIpc) is 2.75. The van der Waals surface area contributed by atoms with Crippen LogP contribution in [0.2, 0.25) is 0 Å². The molecule has 0 aromatic heterocycles. The number of hydrogen-bond acceptors (Lipinski definition) is 5. The van der Waals surface area contributed by atoms with Crippen molar-refractivity contribution in [3.63, 3.8) is 0 Å². The number of phenols is 1. The first kappa shape index (κ1) is 20.0. The maximum absolute atomic E-state index is 12.4. The lowest BCUT2D eigenvalue weighted by molar-refractivity contribution is 0.0845. The summed E-state index contributed by atoms with van der Waals surface area (Å²) in [6.45, 7) is 2.53. The number of benzene rings is 3. The van der Waals surface area contributed by atoms with E-state index in [4.69, 9.17) is 9.47 Å². The number of hydrazine groups is 1. The van der Waals surface area contributed by atoms with Crippen LogP contribution >= 0.6 is 0 Å². The summed E-state index contributed by atoms with van der Waals surface area (Å²) in [5, 5.41) is 11.7. The van der Waals surface area contributed by atoms with E-state index in [-0.39, 0.29) is 16.9 Å². The highest BCUT2D eigenvalue weighted by atomic mass is 16.5. The molecule has 0 aliphatic carbocycles. The van der Waals surface area contributed by atoms with Crippen molar-refractivity contribution < 1.29 is 24.2 Å². The first-order valence-corrected chi connectivity index (χ1v) is 9.16. The van der Waals surface area contributed by atoms with Crippen molar-refractivity contribution in [3.8, 4) is 17.2 Å². The zero-order valence-corrected chi connectivity index (χ0v) is 16.2. The van der Waals surface area contributed by atoms with Crippen LogP contribution in [0.3, 0.4) is 0 Å². The Labute approximate surface area is 168 Å². The van der Waals surface area contributed by atoms with Gasteiger partial charge in [-0.15, -0.1) is 0 Å². The zero-order chi connectivity index (χ0) is 20.8. The van der Waals surface area contributed by atoms with E-state index in [0.29, 0.717) is 18.1 Å².